The average Bonchev–Trinajstić information content (AvgIpc) is 2.19. The van der Waals surface area contributed by atoms with Crippen LogP contribution in [0.1, 0.15) is 0 Å². The summed E-state index contributed by atoms with van der Waals surface area (Å²) < 4.78 is 0. The molecule has 0 saturated heterocycles. The van der Waals surface area contributed by atoms with Crippen LogP contribution in [-0.4, -0.2) is 13.5 Å². The van der Waals surface area contributed by atoms with Gasteiger partial charge in [0.15, 0.2) is 0 Å². The second-order valence-electron chi connectivity index (χ2n) is 1.90. The molecule has 12 heavy (non-hydrogen) atoms. The molecule has 0 atom stereocenters. The van der Waals surface area contributed by atoms with Gasteiger partial charge in [0, 0.05) is 12.7 Å². The van der Waals surface area contributed by atoms with Crippen molar-refractivity contribution in [3.8, 4) is 0 Å². The molecular formula is C8H13N3O. The van der Waals surface area contributed by atoms with Gasteiger partial charge < -0.3 is 5.32 Å². The molecule has 0 aliphatic heterocycles. The van der Waals surface area contributed by atoms with Crippen molar-refractivity contribution in [3.63, 3.8) is 0 Å². The van der Waals surface area contributed by atoms with Crippen molar-refractivity contribution in [2.45, 2.75) is 0 Å². The molecule has 0 bridgehead atoms. The third-order valence-corrected chi connectivity index (χ3v) is 1.13. The Bertz CT molecular complexity index is 201. The summed E-state index contributed by atoms with van der Waals surface area (Å²) in [5.41, 5.74) is 2.91. The Kier molecular flexibility index (Phi) is 6.58. The molecule has 4 N–H and O–H groups in total. The van der Waals surface area contributed by atoms with Crippen molar-refractivity contribution in [1.29, 1.82) is 0 Å². The van der Waals surface area contributed by atoms with Crippen LogP contribution >= 0.6 is 0 Å². The quantitative estimate of drug-likeness (QED) is 0.257. The summed E-state index contributed by atoms with van der Waals surface area (Å²) in [5, 5.41) is 3.03. The van der Waals surface area contributed by atoms with Gasteiger partial charge in [-0.3, -0.25) is 10.2 Å². The number of anilines is 1. The van der Waals surface area contributed by atoms with Crippen molar-refractivity contribution in [1.82, 2.24) is 5.43 Å². The van der Waals surface area contributed by atoms with E-state index in [0.717, 1.165) is 5.69 Å². The van der Waals surface area contributed by atoms with E-state index in [-0.39, 0.29) is 0 Å². The van der Waals surface area contributed by atoms with Crippen molar-refractivity contribution in [2.24, 2.45) is 5.84 Å². The number of hydrogen-bond donors (Lipinski definition) is 3. The molecule has 0 fully saturated rings. The van der Waals surface area contributed by atoms with Gasteiger partial charge in [0.2, 0.25) is 6.41 Å². The molecule has 1 rings (SSSR count). The fourth-order valence-electron chi connectivity index (χ4n) is 0.605. The minimum atomic E-state index is 0.403. The van der Waals surface area contributed by atoms with Gasteiger partial charge in [-0.1, -0.05) is 18.2 Å². The molecular weight excluding hydrogens is 154 g/mol. The monoisotopic (exact) mass is 167 g/mol. The zero-order valence-corrected chi connectivity index (χ0v) is 6.95. The summed E-state index contributed by atoms with van der Waals surface area (Å²) in [4.78, 5) is 8.94. The number of carbonyl (C=O) groups excluding carboxylic acids is 1. The zero-order chi connectivity index (χ0) is 9.23. The van der Waals surface area contributed by atoms with E-state index in [1.807, 2.05) is 37.4 Å². The summed E-state index contributed by atoms with van der Waals surface area (Å²) in [6.45, 7) is 0. The molecule has 66 valence electrons. The highest BCUT2D eigenvalue weighted by Crippen LogP contribution is 2.01. The fraction of sp³-hybridized carbons (Fsp3) is 0.125. The Morgan fingerprint density at radius 2 is 1.83 bits per heavy atom. The van der Waals surface area contributed by atoms with Crippen LogP contribution in [0.2, 0.25) is 0 Å². The lowest BCUT2D eigenvalue weighted by atomic mass is 10.3. The maximum atomic E-state index is 8.94. The van der Waals surface area contributed by atoms with Gasteiger partial charge in [-0.05, 0) is 12.1 Å². The van der Waals surface area contributed by atoms with Crippen LogP contribution in [0.15, 0.2) is 30.3 Å². The topological polar surface area (TPSA) is 67.2 Å². The van der Waals surface area contributed by atoms with Crippen LogP contribution in [0.5, 0.6) is 0 Å². The highest BCUT2D eigenvalue weighted by atomic mass is 16.1. The number of nitrogens with one attached hydrogen (secondary N) is 2. The van der Waals surface area contributed by atoms with Crippen LogP contribution in [0.3, 0.4) is 0 Å². The van der Waals surface area contributed by atoms with E-state index in [1.165, 1.54) is 0 Å². The number of benzene rings is 1. The van der Waals surface area contributed by atoms with Crippen LogP contribution in [0.25, 0.3) is 0 Å². The number of carbonyl (C=O) groups is 1. The highest BCUT2D eigenvalue weighted by Gasteiger charge is 1.77. The van der Waals surface area contributed by atoms with Gasteiger partial charge in [-0.15, -0.1) is 0 Å². The van der Waals surface area contributed by atoms with Crippen LogP contribution in [0.4, 0.5) is 5.69 Å². The summed E-state index contributed by atoms with van der Waals surface area (Å²) in [6.07, 6.45) is 0.403. The lowest BCUT2D eigenvalue weighted by Gasteiger charge is -1.94. The van der Waals surface area contributed by atoms with Gasteiger partial charge >= 0.3 is 0 Å². The lowest BCUT2D eigenvalue weighted by Crippen LogP contribution is -2.18. The molecule has 0 unspecified atom stereocenters. The van der Waals surface area contributed by atoms with E-state index < -0.39 is 0 Å². The van der Waals surface area contributed by atoms with Gasteiger partial charge in [-0.2, -0.15) is 0 Å². The molecule has 0 aliphatic rings. The third-order valence-electron chi connectivity index (χ3n) is 1.13. The molecule has 1 aromatic rings. The molecule has 0 aliphatic carbocycles. The Hall–Kier alpha value is -1.55. The van der Waals surface area contributed by atoms with Crippen molar-refractivity contribution in [3.05, 3.63) is 30.3 Å². The van der Waals surface area contributed by atoms with Gasteiger partial charge in [0.1, 0.15) is 0 Å². The molecule has 4 nitrogen and oxygen atoms in total. The normalized spacial score (nSPS) is 7.50. The molecule has 0 aromatic heterocycles. The van der Waals surface area contributed by atoms with Crippen molar-refractivity contribution < 1.29 is 4.79 Å². The third kappa shape index (κ3) is 5.25. The first-order chi connectivity index (χ1) is 5.85. The minimum absolute atomic E-state index is 0.403. The Labute approximate surface area is 71.7 Å². The number of rotatable bonds is 2. The average molecular weight is 167 g/mol. The van der Waals surface area contributed by atoms with E-state index in [0.29, 0.717) is 6.41 Å². The summed E-state index contributed by atoms with van der Waals surface area (Å²) in [6, 6.07) is 10.1. The van der Waals surface area contributed by atoms with E-state index >= 15 is 0 Å². The maximum Gasteiger partial charge on any atom is 0.221 e. The van der Waals surface area contributed by atoms with E-state index in [2.05, 4.69) is 11.2 Å². The maximum absolute atomic E-state index is 8.94. The summed E-state index contributed by atoms with van der Waals surface area (Å²) in [7, 11) is 1.91. The second kappa shape index (κ2) is 7.56. The van der Waals surface area contributed by atoms with Crippen LogP contribution in [-0.2, 0) is 4.79 Å². The smallest absolute Gasteiger partial charge is 0.221 e. The van der Waals surface area contributed by atoms with E-state index in [4.69, 9.17) is 4.79 Å². The number of hydrazine groups is 1. The van der Waals surface area contributed by atoms with E-state index in [9.17, 15) is 0 Å². The second-order valence-corrected chi connectivity index (χ2v) is 1.90. The van der Waals surface area contributed by atoms with E-state index in [1.54, 1.807) is 5.43 Å². The SMILES string of the molecule is CNc1ccccc1.NNC=O. The fourth-order valence-corrected chi connectivity index (χ4v) is 0.605. The van der Waals surface area contributed by atoms with Gasteiger partial charge in [-0.25, -0.2) is 5.84 Å². The van der Waals surface area contributed by atoms with Crippen LogP contribution < -0.4 is 16.6 Å². The molecule has 0 heterocycles. The number of nitrogens with two attached hydrogens (primary N) is 1. The predicted molar refractivity (Wildman–Crippen MR) is 49.4 cm³/mol. The standard InChI is InChI=1S/C7H9N.CH4N2O/c1-8-7-5-3-2-4-6-7;2-3-1-4/h2-6,8H,1H3;1H,2H2,(H,3,4). The zero-order valence-electron chi connectivity index (χ0n) is 6.95. The highest BCUT2D eigenvalue weighted by molar-refractivity contribution is 5.44. The number of amides is 1. The molecule has 4 heteroatoms. The first kappa shape index (κ1) is 10.4. The molecule has 0 saturated carbocycles. The van der Waals surface area contributed by atoms with Gasteiger partial charge in [0.05, 0.1) is 0 Å². The van der Waals surface area contributed by atoms with Crippen molar-refractivity contribution >= 4 is 12.1 Å². The first-order valence-electron chi connectivity index (χ1n) is 3.47. The molecule has 1 amide bonds. The van der Waals surface area contributed by atoms with Gasteiger partial charge in [0.25, 0.3) is 0 Å². The summed E-state index contributed by atoms with van der Waals surface area (Å²) in [5.74, 6) is 4.41. The molecule has 0 spiro atoms. The number of hydrogen-bond acceptors (Lipinski definition) is 3. The van der Waals surface area contributed by atoms with Crippen molar-refractivity contribution in [2.75, 3.05) is 12.4 Å². The Morgan fingerprint density at radius 3 is 2.08 bits per heavy atom. The predicted octanol–water partition coefficient (Wildman–Crippen LogP) is 0.334. The minimum Gasteiger partial charge on any atom is -0.388 e. The molecule has 1 aromatic carbocycles. The lowest BCUT2D eigenvalue weighted by molar-refractivity contribution is -0.109. The number of para-hydroxylation sites is 1. The molecule has 0 radical (unpaired) electrons. The Balaban J connectivity index is 0.000000261. The summed E-state index contributed by atoms with van der Waals surface area (Å²) >= 11 is 0. The Morgan fingerprint density at radius 1 is 1.33 bits per heavy atom. The largest absolute Gasteiger partial charge is 0.388 e. The van der Waals surface area contributed by atoms with Crippen LogP contribution in [0, 0.1) is 0 Å². The first-order valence-corrected chi connectivity index (χ1v) is 3.47.